The van der Waals surface area contributed by atoms with Crippen LogP contribution < -0.4 is 5.32 Å². The Kier molecular flexibility index (Phi) is 7.14. The van der Waals surface area contributed by atoms with Gasteiger partial charge in [0.1, 0.15) is 0 Å². The van der Waals surface area contributed by atoms with E-state index in [-0.39, 0.29) is 10.8 Å². The van der Waals surface area contributed by atoms with Gasteiger partial charge in [-0.1, -0.05) is 26.0 Å². The van der Waals surface area contributed by atoms with Crippen LogP contribution in [0.4, 0.5) is 0 Å². The molecule has 0 aliphatic carbocycles. The van der Waals surface area contributed by atoms with Crippen LogP contribution in [-0.2, 0) is 21.4 Å². The molecular formula is C19H24N2O3S2. The normalized spacial score (nSPS) is 12.0. The second kappa shape index (κ2) is 9.12. The standard InChI is InChI=1S/C19H24N2O3S2/c1-4-21(5-2)26(23,24)17-8-6-16(7-9-17)14-20-19(22)11-10-18-15(3)12-13-25-18/h6-13H,4-5,14H2,1-3H3,(H,20,22)/b11-10+. The number of sulfonamides is 1. The largest absolute Gasteiger partial charge is 0.348 e. The second-order valence-electron chi connectivity index (χ2n) is 5.75. The fourth-order valence-corrected chi connectivity index (χ4v) is 4.72. The van der Waals surface area contributed by atoms with Crippen LogP contribution in [0.3, 0.4) is 0 Å². The lowest BCUT2D eigenvalue weighted by Crippen LogP contribution is -2.30. The molecule has 0 aliphatic rings. The van der Waals surface area contributed by atoms with Gasteiger partial charge in [0.2, 0.25) is 15.9 Å². The van der Waals surface area contributed by atoms with Crippen molar-refractivity contribution in [1.82, 2.24) is 9.62 Å². The van der Waals surface area contributed by atoms with Gasteiger partial charge < -0.3 is 5.32 Å². The van der Waals surface area contributed by atoms with Crippen molar-refractivity contribution < 1.29 is 13.2 Å². The van der Waals surface area contributed by atoms with Crippen molar-refractivity contribution in [2.45, 2.75) is 32.2 Å². The van der Waals surface area contributed by atoms with Crippen LogP contribution in [0.25, 0.3) is 6.08 Å². The molecule has 2 aromatic rings. The average molecular weight is 393 g/mol. The van der Waals surface area contributed by atoms with Crippen LogP contribution in [0, 0.1) is 6.92 Å². The summed E-state index contributed by atoms with van der Waals surface area (Å²) in [6.07, 6.45) is 3.31. The van der Waals surface area contributed by atoms with E-state index >= 15 is 0 Å². The van der Waals surface area contributed by atoms with Crippen molar-refractivity contribution in [1.29, 1.82) is 0 Å². The molecule has 0 saturated heterocycles. The zero-order chi connectivity index (χ0) is 19.2. The number of hydrogen-bond donors (Lipinski definition) is 1. The first kappa shape index (κ1) is 20.4. The van der Waals surface area contributed by atoms with E-state index in [0.717, 1.165) is 16.0 Å². The third-order valence-electron chi connectivity index (χ3n) is 4.02. The van der Waals surface area contributed by atoms with Gasteiger partial charge in [0.15, 0.2) is 0 Å². The van der Waals surface area contributed by atoms with Gasteiger partial charge in [-0.05, 0) is 47.7 Å². The van der Waals surface area contributed by atoms with Crippen molar-refractivity contribution in [2.24, 2.45) is 0 Å². The highest BCUT2D eigenvalue weighted by Gasteiger charge is 2.21. The predicted octanol–water partition coefficient (Wildman–Crippen LogP) is 3.42. The first-order valence-corrected chi connectivity index (χ1v) is 10.8. The summed E-state index contributed by atoms with van der Waals surface area (Å²) in [7, 11) is -3.45. The lowest BCUT2D eigenvalue weighted by atomic mass is 10.2. The number of carbonyl (C=O) groups excluding carboxylic acids is 1. The molecule has 0 unspecified atom stereocenters. The lowest BCUT2D eigenvalue weighted by Gasteiger charge is -2.18. The molecule has 0 bridgehead atoms. The summed E-state index contributed by atoms with van der Waals surface area (Å²) in [4.78, 5) is 13.2. The van der Waals surface area contributed by atoms with Crippen molar-refractivity contribution in [3.05, 3.63) is 57.8 Å². The van der Waals surface area contributed by atoms with Crippen LogP contribution in [0.1, 0.15) is 29.9 Å². The molecular weight excluding hydrogens is 368 g/mol. The van der Waals surface area contributed by atoms with Gasteiger partial charge in [0, 0.05) is 30.6 Å². The number of benzene rings is 1. The first-order chi connectivity index (χ1) is 12.4. The Hall–Kier alpha value is -1.96. The van der Waals surface area contributed by atoms with Crippen molar-refractivity contribution in [3.63, 3.8) is 0 Å². The Morgan fingerprint density at radius 3 is 2.35 bits per heavy atom. The number of rotatable bonds is 8. The van der Waals surface area contributed by atoms with Crippen LogP contribution in [-0.4, -0.2) is 31.7 Å². The van der Waals surface area contributed by atoms with E-state index in [4.69, 9.17) is 0 Å². The Balaban J connectivity index is 1.96. The molecule has 0 fully saturated rings. The van der Waals surface area contributed by atoms with E-state index in [1.165, 1.54) is 10.4 Å². The molecule has 26 heavy (non-hydrogen) atoms. The zero-order valence-electron chi connectivity index (χ0n) is 15.2. The molecule has 7 heteroatoms. The van der Waals surface area contributed by atoms with E-state index < -0.39 is 10.0 Å². The molecule has 0 spiro atoms. The maximum atomic E-state index is 12.4. The zero-order valence-corrected chi connectivity index (χ0v) is 16.9. The van der Waals surface area contributed by atoms with Crippen molar-refractivity contribution in [3.8, 4) is 0 Å². The Morgan fingerprint density at radius 2 is 1.81 bits per heavy atom. The number of amides is 1. The van der Waals surface area contributed by atoms with E-state index in [2.05, 4.69) is 5.32 Å². The Bertz CT molecular complexity index is 864. The van der Waals surface area contributed by atoms with Gasteiger partial charge >= 0.3 is 0 Å². The van der Waals surface area contributed by atoms with Crippen LogP contribution in [0.2, 0.25) is 0 Å². The SMILES string of the molecule is CCN(CC)S(=O)(=O)c1ccc(CNC(=O)/C=C/c2sccc2C)cc1. The third kappa shape index (κ3) is 5.03. The molecule has 2 rings (SSSR count). The molecule has 1 amide bonds. The second-order valence-corrected chi connectivity index (χ2v) is 8.64. The topological polar surface area (TPSA) is 66.5 Å². The minimum Gasteiger partial charge on any atom is -0.348 e. The van der Waals surface area contributed by atoms with Gasteiger partial charge in [0.05, 0.1) is 4.90 Å². The van der Waals surface area contributed by atoms with E-state index in [1.54, 1.807) is 41.7 Å². The minimum atomic E-state index is -3.45. The smallest absolute Gasteiger partial charge is 0.244 e. The molecule has 0 aliphatic heterocycles. The summed E-state index contributed by atoms with van der Waals surface area (Å²) in [6.45, 7) is 6.85. The number of hydrogen-bond acceptors (Lipinski definition) is 4. The maximum absolute atomic E-state index is 12.4. The average Bonchev–Trinajstić information content (AvgIpc) is 3.04. The number of carbonyl (C=O) groups is 1. The quantitative estimate of drug-likeness (QED) is 0.700. The fourth-order valence-electron chi connectivity index (χ4n) is 2.45. The molecule has 0 radical (unpaired) electrons. The van der Waals surface area contributed by atoms with Gasteiger partial charge in [0.25, 0.3) is 0 Å². The molecule has 1 N–H and O–H groups in total. The molecule has 0 saturated carbocycles. The number of nitrogens with one attached hydrogen (secondary N) is 1. The molecule has 140 valence electrons. The van der Waals surface area contributed by atoms with Gasteiger partial charge in [-0.3, -0.25) is 4.79 Å². The maximum Gasteiger partial charge on any atom is 0.244 e. The Morgan fingerprint density at radius 1 is 1.15 bits per heavy atom. The highest BCUT2D eigenvalue weighted by Crippen LogP contribution is 2.17. The van der Waals surface area contributed by atoms with E-state index in [1.807, 2.05) is 32.2 Å². The summed E-state index contributed by atoms with van der Waals surface area (Å²) in [5.41, 5.74) is 1.99. The number of nitrogens with zero attached hydrogens (tertiary/aromatic N) is 1. The van der Waals surface area contributed by atoms with Gasteiger partial charge in [-0.2, -0.15) is 4.31 Å². The summed E-state index contributed by atoms with van der Waals surface area (Å²) in [5, 5.41) is 4.79. The fraction of sp³-hybridized carbons (Fsp3) is 0.316. The summed E-state index contributed by atoms with van der Waals surface area (Å²) in [6, 6.07) is 8.63. The summed E-state index contributed by atoms with van der Waals surface area (Å²) >= 11 is 1.59. The van der Waals surface area contributed by atoms with Gasteiger partial charge in [-0.15, -0.1) is 11.3 Å². The monoisotopic (exact) mass is 392 g/mol. The first-order valence-electron chi connectivity index (χ1n) is 8.47. The molecule has 1 aromatic heterocycles. The molecule has 1 heterocycles. The summed E-state index contributed by atoms with van der Waals surface area (Å²) in [5.74, 6) is -0.183. The highest BCUT2D eigenvalue weighted by molar-refractivity contribution is 7.89. The highest BCUT2D eigenvalue weighted by atomic mass is 32.2. The minimum absolute atomic E-state index is 0.183. The summed E-state index contributed by atoms with van der Waals surface area (Å²) < 4.78 is 26.3. The predicted molar refractivity (Wildman–Crippen MR) is 106 cm³/mol. The van der Waals surface area contributed by atoms with Crippen molar-refractivity contribution >= 4 is 33.3 Å². The van der Waals surface area contributed by atoms with E-state index in [0.29, 0.717) is 19.6 Å². The third-order valence-corrected chi connectivity index (χ3v) is 7.07. The number of thiophene rings is 1. The van der Waals surface area contributed by atoms with E-state index in [9.17, 15) is 13.2 Å². The number of aryl methyl sites for hydroxylation is 1. The van der Waals surface area contributed by atoms with Crippen LogP contribution >= 0.6 is 11.3 Å². The molecule has 5 nitrogen and oxygen atoms in total. The van der Waals surface area contributed by atoms with Gasteiger partial charge in [-0.25, -0.2) is 8.42 Å². The molecule has 0 atom stereocenters. The van der Waals surface area contributed by atoms with Crippen LogP contribution in [0.15, 0.2) is 46.7 Å². The Labute approximate surface area is 159 Å². The molecule has 1 aromatic carbocycles. The van der Waals surface area contributed by atoms with Crippen molar-refractivity contribution in [2.75, 3.05) is 13.1 Å². The van der Waals surface area contributed by atoms with Crippen LogP contribution in [0.5, 0.6) is 0 Å². The lowest BCUT2D eigenvalue weighted by molar-refractivity contribution is -0.116.